The van der Waals surface area contributed by atoms with Gasteiger partial charge < -0.3 is 14.5 Å². The molecular weight excluding hydrogens is 242 g/mol. The van der Waals surface area contributed by atoms with E-state index in [2.05, 4.69) is 19.2 Å². The van der Waals surface area contributed by atoms with Crippen molar-refractivity contribution in [3.05, 3.63) is 23.2 Å². The highest BCUT2D eigenvalue weighted by atomic mass is 16.5. The van der Waals surface area contributed by atoms with Gasteiger partial charge in [-0.2, -0.15) is 0 Å². The second kappa shape index (κ2) is 5.78. The molecule has 2 heterocycles. The number of aryl methyl sites for hydroxylation is 2. The van der Waals surface area contributed by atoms with Gasteiger partial charge in [-0.25, -0.2) is 0 Å². The number of rotatable bonds is 4. The molecule has 1 aliphatic rings. The number of hydrogen-bond donors (Lipinski definition) is 1. The molecule has 0 bridgehead atoms. The summed E-state index contributed by atoms with van der Waals surface area (Å²) in [7, 11) is 0. The molecule has 1 fully saturated rings. The second-order valence-electron chi connectivity index (χ2n) is 5.67. The Morgan fingerprint density at radius 1 is 1.47 bits per heavy atom. The Labute approximate surface area is 114 Å². The van der Waals surface area contributed by atoms with Crippen molar-refractivity contribution in [1.29, 1.82) is 0 Å². The van der Waals surface area contributed by atoms with Crippen molar-refractivity contribution in [2.45, 2.75) is 40.2 Å². The van der Waals surface area contributed by atoms with Crippen LogP contribution in [0.2, 0.25) is 0 Å². The Kier molecular flexibility index (Phi) is 4.30. The van der Waals surface area contributed by atoms with Gasteiger partial charge >= 0.3 is 0 Å². The van der Waals surface area contributed by atoms with Gasteiger partial charge in [0.05, 0.1) is 11.7 Å². The predicted octanol–water partition coefficient (Wildman–Crippen LogP) is 2.69. The molecular formula is C15H23NO3. The molecule has 4 heteroatoms. The van der Waals surface area contributed by atoms with Gasteiger partial charge in [-0.15, -0.1) is 0 Å². The fourth-order valence-corrected chi connectivity index (χ4v) is 2.79. The minimum absolute atomic E-state index is 0.0521. The van der Waals surface area contributed by atoms with Crippen molar-refractivity contribution in [3.8, 4) is 0 Å². The summed E-state index contributed by atoms with van der Waals surface area (Å²) in [5.74, 6) is 2.30. The normalized spacial score (nSPS) is 23.0. The molecule has 2 rings (SSSR count). The lowest BCUT2D eigenvalue weighted by Gasteiger charge is -2.22. The average molecular weight is 265 g/mol. The van der Waals surface area contributed by atoms with Crippen molar-refractivity contribution in [3.63, 3.8) is 0 Å². The first-order valence-electron chi connectivity index (χ1n) is 6.96. The molecule has 0 radical (unpaired) electrons. The lowest BCUT2D eigenvalue weighted by molar-refractivity contribution is 0.0533. The van der Waals surface area contributed by atoms with Crippen molar-refractivity contribution in [2.75, 3.05) is 13.2 Å². The summed E-state index contributed by atoms with van der Waals surface area (Å²) >= 11 is 0. The van der Waals surface area contributed by atoms with Gasteiger partial charge in [0.15, 0.2) is 0 Å². The van der Waals surface area contributed by atoms with Crippen LogP contribution in [0.3, 0.4) is 0 Å². The minimum Gasteiger partial charge on any atom is -0.466 e. The third-order valence-electron chi connectivity index (χ3n) is 3.73. The quantitative estimate of drug-likeness (QED) is 0.910. The van der Waals surface area contributed by atoms with E-state index in [-0.39, 0.29) is 12.0 Å². The lowest BCUT2D eigenvalue weighted by Crippen LogP contribution is -2.35. The molecule has 0 unspecified atom stereocenters. The summed E-state index contributed by atoms with van der Waals surface area (Å²) in [5, 5.41) is 3.00. The molecule has 4 nitrogen and oxygen atoms in total. The maximum atomic E-state index is 12.1. The first-order valence-corrected chi connectivity index (χ1v) is 6.96. The Hall–Kier alpha value is -1.29. The summed E-state index contributed by atoms with van der Waals surface area (Å²) in [6, 6.07) is 1.79. The van der Waals surface area contributed by atoms with E-state index in [0.717, 1.165) is 18.8 Å². The molecule has 1 aliphatic heterocycles. The number of nitrogens with one attached hydrogen (secondary N) is 1. The van der Waals surface area contributed by atoms with Gasteiger partial charge in [0.1, 0.15) is 11.5 Å². The molecule has 2 atom stereocenters. The third kappa shape index (κ3) is 3.18. The molecule has 1 N–H and O–H groups in total. The molecule has 0 spiro atoms. The molecule has 106 valence electrons. The zero-order chi connectivity index (χ0) is 14.0. The molecule has 1 saturated heterocycles. The van der Waals surface area contributed by atoms with Crippen LogP contribution in [0, 0.1) is 25.7 Å². The van der Waals surface area contributed by atoms with Crippen molar-refractivity contribution in [2.24, 2.45) is 11.8 Å². The molecule has 0 aliphatic carbocycles. The smallest absolute Gasteiger partial charge is 0.254 e. The SMILES string of the molecule is Cc1cc(C(=O)NC[C@H]2CCO[C@H]2C(C)C)c(C)o1. The maximum Gasteiger partial charge on any atom is 0.254 e. The Morgan fingerprint density at radius 2 is 2.21 bits per heavy atom. The number of hydrogen-bond acceptors (Lipinski definition) is 3. The number of ether oxygens (including phenoxy) is 1. The first kappa shape index (κ1) is 14.1. The van der Waals surface area contributed by atoms with Crippen LogP contribution < -0.4 is 5.32 Å². The Balaban J connectivity index is 1.92. The summed E-state index contributed by atoms with van der Waals surface area (Å²) in [4.78, 5) is 12.1. The third-order valence-corrected chi connectivity index (χ3v) is 3.73. The zero-order valence-corrected chi connectivity index (χ0v) is 12.2. The summed E-state index contributed by atoms with van der Waals surface area (Å²) in [6.07, 6.45) is 1.28. The second-order valence-corrected chi connectivity index (χ2v) is 5.67. The zero-order valence-electron chi connectivity index (χ0n) is 12.2. The number of carbonyl (C=O) groups is 1. The predicted molar refractivity (Wildman–Crippen MR) is 73.2 cm³/mol. The number of furan rings is 1. The number of carbonyl (C=O) groups excluding carboxylic acids is 1. The minimum atomic E-state index is -0.0521. The topological polar surface area (TPSA) is 51.5 Å². The van der Waals surface area contributed by atoms with E-state index in [9.17, 15) is 4.79 Å². The largest absolute Gasteiger partial charge is 0.466 e. The summed E-state index contributed by atoms with van der Waals surface area (Å²) in [6.45, 7) is 9.46. The van der Waals surface area contributed by atoms with Crippen LogP contribution >= 0.6 is 0 Å². The van der Waals surface area contributed by atoms with E-state index in [1.54, 1.807) is 6.07 Å². The molecule has 0 saturated carbocycles. The highest BCUT2D eigenvalue weighted by molar-refractivity contribution is 5.95. The van der Waals surface area contributed by atoms with Crippen LogP contribution in [-0.4, -0.2) is 25.2 Å². The first-order chi connectivity index (χ1) is 8.99. The van der Waals surface area contributed by atoms with E-state index < -0.39 is 0 Å². The van der Waals surface area contributed by atoms with E-state index in [4.69, 9.17) is 9.15 Å². The maximum absolute atomic E-state index is 12.1. The summed E-state index contributed by atoms with van der Waals surface area (Å²) in [5.41, 5.74) is 0.637. The molecule has 1 aromatic heterocycles. The van der Waals surface area contributed by atoms with Gasteiger partial charge in [0.25, 0.3) is 5.91 Å². The van der Waals surface area contributed by atoms with Crippen LogP contribution in [0.5, 0.6) is 0 Å². The van der Waals surface area contributed by atoms with Gasteiger partial charge in [-0.1, -0.05) is 13.8 Å². The molecule has 1 aromatic rings. The molecule has 1 amide bonds. The van der Waals surface area contributed by atoms with Crippen LogP contribution in [0.1, 0.15) is 42.1 Å². The van der Waals surface area contributed by atoms with E-state index >= 15 is 0 Å². The van der Waals surface area contributed by atoms with Crippen LogP contribution in [0.25, 0.3) is 0 Å². The van der Waals surface area contributed by atoms with Gasteiger partial charge in [-0.3, -0.25) is 4.79 Å². The van der Waals surface area contributed by atoms with Crippen molar-refractivity contribution >= 4 is 5.91 Å². The molecule has 0 aromatic carbocycles. The van der Waals surface area contributed by atoms with Gasteiger partial charge in [-0.05, 0) is 32.3 Å². The van der Waals surface area contributed by atoms with E-state index in [1.807, 2.05) is 13.8 Å². The van der Waals surface area contributed by atoms with E-state index in [0.29, 0.717) is 29.7 Å². The van der Waals surface area contributed by atoms with Gasteiger partial charge in [0, 0.05) is 19.1 Å². The van der Waals surface area contributed by atoms with Crippen molar-refractivity contribution in [1.82, 2.24) is 5.32 Å². The average Bonchev–Trinajstić information content (AvgIpc) is 2.92. The van der Waals surface area contributed by atoms with Crippen molar-refractivity contribution < 1.29 is 13.9 Å². The highest BCUT2D eigenvalue weighted by Crippen LogP contribution is 2.26. The standard InChI is InChI=1S/C15H23NO3/c1-9(2)14-12(5-6-18-14)8-16-15(17)13-7-10(3)19-11(13)4/h7,9,12,14H,5-6,8H2,1-4H3,(H,16,17)/t12-,14+/m1/s1. The van der Waals surface area contributed by atoms with Crippen LogP contribution in [0.15, 0.2) is 10.5 Å². The highest BCUT2D eigenvalue weighted by Gasteiger charge is 2.31. The van der Waals surface area contributed by atoms with Crippen LogP contribution in [-0.2, 0) is 4.74 Å². The fraction of sp³-hybridized carbons (Fsp3) is 0.667. The fourth-order valence-electron chi connectivity index (χ4n) is 2.79. The Morgan fingerprint density at radius 3 is 2.79 bits per heavy atom. The molecule has 19 heavy (non-hydrogen) atoms. The summed E-state index contributed by atoms with van der Waals surface area (Å²) < 4.78 is 11.1. The van der Waals surface area contributed by atoms with E-state index in [1.165, 1.54) is 0 Å². The lowest BCUT2D eigenvalue weighted by atomic mass is 9.93. The Bertz CT molecular complexity index is 450. The number of amides is 1. The van der Waals surface area contributed by atoms with Crippen LogP contribution in [0.4, 0.5) is 0 Å². The monoisotopic (exact) mass is 265 g/mol. The van der Waals surface area contributed by atoms with Gasteiger partial charge in [0.2, 0.25) is 0 Å².